The lowest BCUT2D eigenvalue weighted by molar-refractivity contribution is 0.162. The molecule has 0 aliphatic carbocycles. The second-order valence-corrected chi connectivity index (χ2v) is 12.7. The summed E-state index contributed by atoms with van der Waals surface area (Å²) in [6.07, 6.45) is 0.00981. The molecule has 0 aromatic heterocycles. The van der Waals surface area contributed by atoms with Crippen LogP contribution in [0.3, 0.4) is 0 Å². The zero-order valence-electron chi connectivity index (χ0n) is 20.0. The van der Waals surface area contributed by atoms with E-state index >= 15 is 0 Å². The molecule has 4 unspecified atom stereocenters. The van der Waals surface area contributed by atoms with E-state index in [0.29, 0.717) is 13.1 Å². The fraction of sp³-hybridized carbons (Fsp3) is 0.520. The van der Waals surface area contributed by atoms with E-state index in [1.807, 2.05) is 13.8 Å². The van der Waals surface area contributed by atoms with Gasteiger partial charge in [-0.1, -0.05) is 27.7 Å². The van der Waals surface area contributed by atoms with Crippen molar-refractivity contribution in [3.63, 3.8) is 0 Å². The summed E-state index contributed by atoms with van der Waals surface area (Å²) < 4.78 is 16.0. The van der Waals surface area contributed by atoms with Crippen molar-refractivity contribution in [2.24, 2.45) is 23.3 Å². The van der Waals surface area contributed by atoms with Crippen LogP contribution >= 0.6 is 63.7 Å². The third kappa shape index (κ3) is 6.98. The first-order valence-electron chi connectivity index (χ1n) is 11.1. The molecule has 4 nitrogen and oxygen atoms in total. The largest absolute Gasteiger partial charge is 0.488 e. The van der Waals surface area contributed by atoms with Crippen molar-refractivity contribution in [1.29, 1.82) is 0 Å². The molecule has 0 fully saturated rings. The first-order valence-corrected chi connectivity index (χ1v) is 14.2. The maximum Gasteiger partial charge on any atom is 0.148 e. The molecule has 0 radical (unpaired) electrons. The van der Waals surface area contributed by atoms with Gasteiger partial charge in [0, 0.05) is 17.3 Å². The molecule has 0 spiro atoms. The Hall–Kier alpha value is -0.120. The van der Waals surface area contributed by atoms with E-state index in [4.69, 9.17) is 20.9 Å². The summed E-state index contributed by atoms with van der Waals surface area (Å²) in [6, 6.07) is 8.49. The summed E-state index contributed by atoms with van der Waals surface area (Å²) in [5.74, 6) is 2.09. The summed E-state index contributed by atoms with van der Waals surface area (Å²) in [5, 5.41) is 0. The van der Waals surface area contributed by atoms with E-state index in [-0.39, 0.29) is 29.5 Å². The lowest BCUT2D eigenvalue weighted by Crippen LogP contribution is -2.28. The molecule has 33 heavy (non-hydrogen) atoms. The van der Waals surface area contributed by atoms with Gasteiger partial charge < -0.3 is 20.9 Å². The first kappa shape index (κ1) is 29.1. The average molecular weight is 714 g/mol. The van der Waals surface area contributed by atoms with Crippen LogP contribution in [-0.4, -0.2) is 25.3 Å². The van der Waals surface area contributed by atoms with Crippen molar-refractivity contribution in [3.8, 4) is 11.5 Å². The van der Waals surface area contributed by atoms with E-state index in [9.17, 15) is 0 Å². The Morgan fingerprint density at radius 2 is 0.939 bits per heavy atom. The fourth-order valence-electron chi connectivity index (χ4n) is 3.22. The smallest absolute Gasteiger partial charge is 0.148 e. The molecule has 8 heteroatoms. The Balaban J connectivity index is 2.39. The second kappa shape index (κ2) is 12.2. The maximum atomic E-state index is 6.21. The predicted octanol–water partition coefficient (Wildman–Crippen LogP) is 7.79. The maximum absolute atomic E-state index is 6.21. The number of benzene rings is 2. The minimum Gasteiger partial charge on any atom is -0.488 e. The summed E-state index contributed by atoms with van der Waals surface area (Å²) in [7, 11) is 0. The molecule has 4 atom stereocenters. The van der Waals surface area contributed by atoms with Crippen LogP contribution in [-0.2, 0) is 5.41 Å². The quantitative estimate of drug-likeness (QED) is 0.264. The summed E-state index contributed by atoms with van der Waals surface area (Å²) >= 11 is 14.9. The molecule has 184 valence electrons. The Labute approximate surface area is 232 Å². The van der Waals surface area contributed by atoms with Crippen molar-refractivity contribution in [3.05, 3.63) is 53.3 Å². The van der Waals surface area contributed by atoms with E-state index in [1.165, 1.54) is 0 Å². The number of ether oxygens (including phenoxy) is 2. The number of hydrogen-bond donors (Lipinski definition) is 2. The van der Waals surface area contributed by atoms with Crippen LogP contribution in [0.25, 0.3) is 0 Å². The molecule has 0 amide bonds. The molecule has 4 N–H and O–H groups in total. The molecule has 2 aromatic carbocycles. The first-order chi connectivity index (χ1) is 15.3. The molecule has 0 heterocycles. The van der Waals surface area contributed by atoms with Gasteiger partial charge in [0.05, 0.1) is 30.1 Å². The molecule has 0 aliphatic heterocycles. The Bertz CT molecular complexity index is 846. The fourth-order valence-corrected chi connectivity index (χ4v) is 5.97. The summed E-state index contributed by atoms with van der Waals surface area (Å²) in [6.45, 7) is 13.8. The van der Waals surface area contributed by atoms with Gasteiger partial charge in [0.2, 0.25) is 0 Å². The lowest BCUT2D eigenvalue weighted by atomic mass is 9.78. The minimum absolute atomic E-state index is 0.00490. The van der Waals surface area contributed by atoms with E-state index < -0.39 is 0 Å². The van der Waals surface area contributed by atoms with E-state index in [1.54, 1.807) is 0 Å². The van der Waals surface area contributed by atoms with Gasteiger partial charge in [-0.2, -0.15) is 0 Å². The molecule has 0 saturated heterocycles. The predicted molar refractivity (Wildman–Crippen MR) is 152 cm³/mol. The normalized spacial score (nSPS) is 15.6. The van der Waals surface area contributed by atoms with Crippen LogP contribution in [0.1, 0.15) is 52.7 Å². The van der Waals surface area contributed by atoms with Gasteiger partial charge in [-0.25, -0.2) is 0 Å². The zero-order chi connectivity index (χ0) is 25.1. The minimum atomic E-state index is -0.278. The Morgan fingerprint density at radius 3 is 1.18 bits per heavy atom. The SMILES string of the molecule is CC(CN)C(C)Oc1c(Br)cc(C(C)(C)c2cc(Br)c(OC(C)C(C)CN)c(Br)c2)cc1Br. The van der Waals surface area contributed by atoms with Crippen LogP contribution in [0, 0.1) is 11.8 Å². The Morgan fingerprint density at radius 1 is 0.667 bits per heavy atom. The van der Waals surface area contributed by atoms with Gasteiger partial charge in [-0.15, -0.1) is 0 Å². The van der Waals surface area contributed by atoms with Gasteiger partial charge in [0.25, 0.3) is 0 Å². The molecule has 0 aliphatic rings. The summed E-state index contributed by atoms with van der Waals surface area (Å²) in [5.41, 5.74) is 13.6. The second-order valence-electron chi connectivity index (χ2n) is 9.23. The summed E-state index contributed by atoms with van der Waals surface area (Å²) in [4.78, 5) is 0. The monoisotopic (exact) mass is 710 g/mol. The standard InChI is InChI=1S/C25H34Br4N2O2/c1-13(11-30)15(3)32-23-19(26)7-17(8-20(23)27)25(5,6)18-9-21(28)24(22(29)10-18)33-16(4)14(2)12-31/h7-10,13-16H,11-12,30-31H2,1-6H3. The van der Waals surface area contributed by atoms with Crippen LogP contribution in [0.5, 0.6) is 11.5 Å². The highest BCUT2D eigenvalue weighted by Gasteiger charge is 2.28. The van der Waals surface area contributed by atoms with Crippen molar-refractivity contribution in [1.82, 2.24) is 0 Å². The van der Waals surface area contributed by atoms with Gasteiger partial charge in [0.1, 0.15) is 11.5 Å². The van der Waals surface area contributed by atoms with Gasteiger partial charge in [-0.05, 0) is 126 Å². The van der Waals surface area contributed by atoms with Crippen molar-refractivity contribution >= 4 is 63.7 Å². The highest BCUT2D eigenvalue weighted by molar-refractivity contribution is 9.11. The molecular formula is C25H34Br4N2O2. The average Bonchev–Trinajstić information content (AvgIpc) is 2.76. The molecule has 2 rings (SSSR count). The van der Waals surface area contributed by atoms with E-state index in [2.05, 4.69) is 116 Å². The molecule has 2 aromatic rings. The van der Waals surface area contributed by atoms with Crippen LogP contribution in [0.4, 0.5) is 0 Å². The number of hydrogen-bond acceptors (Lipinski definition) is 4. The molecule has 0 saturated carbocycles. The van der Waals surface area contributed by atoms with Gasteiger partial charge >= 0.3 is 0 Å². The number of nitrogens with two attached hydrogens (primary N) is 2. The zero-order valence-corrected chi connectivity index (χ0v) is 26.4. The highest BCUT2D eigenvalue weighted by atomic mass is 79.9. The van der Waals surface area contributed by atoms with Crippen molar-refractivity contribution in [2.45, 2.75) is 59.2 Å². The third-order valence-corrected chi connectivity index (χ3v) is 8.75. The number of rotatable bonds is 10. The third-order valence-electron chi connectivity index (χ3n) is 6.39. The van der Waals surface area contributed by atoms with Gasteiger partial charge in [-0.3, -0.25) is 0 Å². The van der Waals surface area contributed by atoms with Crippen molar-refractivity contribution in [2.75, 3.05) is 13.1 Å². The number of halogens is 4. The Kier molecular flexibility index (Phi) is 10.8. The molecular weight excluding hydrogens is 680 g/mol. The molecule has 0 bridgehead atoms. The van der Waals surface area contributed by atoms with E-state index in [0.717, 1.165) is 40.5 Å². The van der Waals surface area contributed by atoms with Crippen LogP contribution in [0.2, 0.25) is 0 Å². The van der Waals surface area contributed by atoms with Crippen LogP contribution in [0.15, 0.2) is 42.2 Å². The van der Waals surface area contributed by atoms with Gasteiger partial charge in [0.15, 0.2) is 0 Å². The lowest BCUT2D eigenvalue weighted by Gasteiger charge is -2.29. The highest BCUT2D eigenvalue weighted by Crippen LogP contribution is 2.44. The van der Waals surface area contributed by atoms with Crippen LogP contribution < -0.4 is 20.9 Å². The topological polar surface area (TPSA) is 70.5 Å². The van der Waals surface area contributed by atoms with Crippen molar-refractivity contribution < 1.29 is 9.47 Å².